The number of carbonyl (C=O) groups is 1. The molecule has 0 aliphatic heterocycles. The van der Waals surface area contributed by atoms with Crippen LogP contribution < -0.4 is 16.4 Å². The lowest BCUT2D eigenvalue weighted by Gasteiger charge is -2.12. The predicted octanol–water partition coefficient (Wildman–Crippen LogP) is 3.14. The van der Waals surface area contributed by atoms with Crippen LogP contribution in [0.1, 0.15) is 43.6 Å². The molecule has 2 aliphatic carbocycles. The predicted molar refractivity (Wildman–Crippen MR) is 112 cm³/mol. The van der Waals surface area contributed by atoms with Crippen LogP contribution in [0.25, 0.3) is 10.9 Å². The van der Waals surface area contributed by atoms with Crippen LogP contribution in [0.3, 0.4) is 0 Å². The molecule has 2 aromatic heterocycles. The van der Waals surface area contributed by atoms with Crippen LogP contribution in [-0.2, 0) is 11.3 Å². The van der Waals surface area contributed by atoms with E-state index in [-0.39, 0.29) is 12.3 Å². The minimum absolute atomic E-state index is 0.275. The van der Waals surface area contributed by atoms with Gasteiger partial charge in [-0.15, -0.1) is 0 Å². The number of carbonyl (C=O) groups excluding carboxylic acids is 1. The van der Waals surface area contributed by atoms with Crippen molar-refractivity contribution in [2.45, 2.75) is 44.6 Å². The van der Waals surface area contributed by atoms with Crippen LogP contribution in [-0.4, -0.2) is 32.2 Å². The molecule has 1 amide bonds. The van der Waals surface area contributed by atoms with E-state index in [0.29, 0.717) is 18.4 Å². The highest BCUT2D eigenvalue weighted by molar-refractivity contribution is 5.82. The number of aromatic nitrogens is 4. The van der Waals surface area contributed by atoms with Crippen molar-refractivity contribution in [1.29, 1.82) is 0 Å². The minimum Gasteiger partial charge on any atom is -0.370 e. The Morgan fingerprint density at radius 3 is 2.86 bits per heavy atom. The van der Waals surface area contributed by atoms with Gasteiger partial charge in [0.2, 0.25) is 11.9 Å². The highest BCUT2D eigenvalue weighted by Gasteiger charge is 2.27. The fraction of sp³-hybridized carbons (Fsp3) is 0.429. The van der Waals surface area contributed by atoms with Crippen LogP contribution in [0, 0.1) is 5.92 Å². The molecule has 2 saturated carbocycles. The maximum Gasteiger partial charge on any atom is 0.229 e. The Balaban J connectivity index is 1.33. The number of hydrogen-bond donors (Lipinski definition) is 3. The maximum absolute atomic E-state index is 11.0. The lowest BCUT2D eigenvalue weighted by atomic mass is 10.2. The zero-order valence-corrected chi connectivity index (χ0v) is 16.3. The second kappa shape index (κ2) is 7.35. The zero-order chi connectivity index (χ0) is 19.8. The van der Waals surface area contributed by atoms with Gasteiger partial charge in [0.25, 0.3) is 0 Å². The third-order valence-electron chi connectivity index (χ3n) is 5.45. The number of nitrogens with zero attached hydrogens (tertiary/aromatic N) is 4. The molecule has 0 spiro atoms. The number of primary amides is 1. The number of hydrogen-bond acceptors (Lipinski definition) is 6. The molecule has 2 fully saturated rings. The van der Waals surface area contributed by atoms with E-state index in [2.05, 4.69) is 32.9 Å². The van der Waals surface area contributed by atoms with Crippen molar-refractivity contribution in [3.05, 3.63) is 36.2 Å². The van der Waals surface area contributed by atoms with Crippen molar-refractivity contribution in [1.82, 2.24) is 19.7 Å². The highest BCUT2D eigenvalue weighted by atomic mass is 16.1. The first-order valence-corrected chi connectivity index (χ1v) is 10.3. The minimum atomic E-state index is -0.327. The number of nitrogens with one attached hydrogen (secondary N) is 2. The van der Waals surface area contributed by atoms with Crippen molar-refractivity contribution in [2.24, 2.45) is 11.7 Å². The van der Waals surface area contributed by atoms with E-state index >= 15 is 0 Å². The van der Waals surface area contributed by atoms with Gasteiger partial charge >= 0.3 is 0 Å². The highest BCUT2D eigenvalue weighted by Crippen LogP contribution is 2.42. The van der Waals surface area contributed by atoms with Crippen LogP contribution in [0.4, 0.5) is 17.5 Å². The summed E-state index contributed by atoms with van der Waals surface area (Å²) in [7, 11) is 0. The fourth-order valence-electron chi connectivity index (χ4n) is 3.52. The Kier molecular flexibility index (Phi) is 4.54. The molecule has 2 aliphatic rings. The third kappa shape index (κ3) is 4.31. The molecule has 2 heterocycles. The Labute approximate surface area is 168 Å². The summed E-state index contributed by atoms with van der Waals surface area (Å²) in [6, 6.07) is 6.11. The van der Waals surface area contributed by atoms with E-state index in [1.54, 1.807) is 0 Å². The van der Waals surface area contributed by atoms with Gasteiger partial charge in [-0.25, -0.2) is 4.98 Å². The summed E-state index contributed by atoms with van der Waals surface area (Å²) in [5.74, 6) is 2.27. The van der Waals surface area contributed by atoms with Gasteiger partial charge in [0.1, 0.15) is 5.82 Å². The first-order valence-electron chi connectivity index (χ1n) is 10.3. The molecule has 29 heavy (non-hydrogen) atoms. The molecule has 0 radical (unpaired) electrons. The molecule has 0 atom stereocenters. The van der Waals surface area contributed by atoms with Gasteiger partial charge in [-0.05, 0) is 55.7 Å². The molecule has 4 N–H and O–H groups in total. The summed E-state index contributed by atoms with van der Waals surface area (Å²) < 4.78 is 2.05. The number of fused-ring (bicyclic) bond motifs is 1. The summed E-state index contributed by atoms with van der Waals surface area (Å²) in [4.78, 5) is 20.2. The first kappa shape index (κ1) is 17.9. The second-order valence-electron chi connectivity index (χ2n) is 8.11. The Hall–Kier alpha value is -3.16. The zero-order valence-electron chi connectivity index (χ0n) is 16.3. The van der Waals surface area contributed by atoms with Crippen molar-refractivity contribution in [2.75, 3.05) is 17.2 Å². The van der Waals surface area contributed by atoms with E-state index in [1.807, 2.05) is 23.0 Å². The van der Waals surface area contributed by atoms with Gasteiger partial charge in [-0.3, -0.25) is 9.48 Å². The normalized spacial score (nSPS) is 16.1. The summed E-state index contributed by atoms with van der Waals surface area (Å²) in [5, 5.41) is 12.4. The molecule has 0 bridgehead atoms. The van der Waals surface area contributed by atoms with Crippen molar-refractivity contribution >= 4 is 34.3 Å². The molecule has 8 heteroatoms. The average molecular weight is 391 g/mol. The summed E-state index contributed by atoms with van der Waals surface area (Å²) in [6.45, 7) is 1.47. The van der Waals surface area contributed by atoms with Crippen LogP contribution >= 0.6 is 0 Å². The quantitative estimate of drug-likeness (QED) is 0.517. The van der Waals surface area contributed by atoms with E-state index in [0.717, 1.165) is 53.3 Å². The van der Waals surface area contributed by atoms with Gasteiger partial charge in [-0.2, -0.15) is 10.1 Å². The van der Waals surface area contributed by atoms with Gasteiger partial charge in [0.15, 0.2) is 0 Å². The standard InChI is InChI=1S/C21H25N7O/c22-19(29)7-8-23-20-17(14-3-4-14)10-24-21(26-20)25-16-6-5-15-12-28(11-13-1-2-13)27-18(15)9-16/h5-6,9-10,12-14H,1-4,7-8,11H2,(H2,22,29)(H2,23,24,25,26). The number of rotatable bonds is 9. The van der Waals surface area contributed by atoms with E-state index < -0.39 is 0 Å². The van der Waals surface area contributed by atoms with E-state index in [4.69, 9.17) is 10.8 Å². The van der Waals surface area contributed by atoms with Gasteiger partial charge in [0, 0.05) is 48.5 Å². The summed E-state index contributed by atoms with van der Waals surface area (Å²) in [5.41, 5.74) is 8.21. The number of anilines is 3. The first-order chi connectivity index (χ1) is 14.1. The fourth-order valence-corrected chi connectivity index (χ4v) is 3.52. The van der Waals surface area contributed by atoms with E-state index in [1.165, 1.54) is 12.8 Å². The number of benzene rings is 1. The third-order valence-corrected chi connectivity index (χ3v) is 5.45. The van der Waals surface area contributed by atoms with Crippen molar-refractivity contribution in [3.8, 4) is 0 Å². The van der Waals surface area contributed by atoms with Crippen LogP contribution in [0.15, 0.2) is 30.6 Å². The Bertz CT molecular complexity index is 1050. The average Bonchev–Trinajstić information content (AvgIpc) is 3.60. The van der Waals surface area contributed by atoms with Gasteiger partial charge in [-0.1, -0.05) is 0 Å². The summed E-state index contributed by atoms with van der Waals surface area (Å²) >= 11 is 0. The van der Waals surface area contributed by atoms with E-state index in [9.17, 15) is 4.79 Å². The molecular formula is C21H25N7O. The van der Waals surface area contributed by atoms with Gasteiger partial charge in [0.05, 0.1) is 5.52 Å². The molecule has 1 aromatic carbocycles. The molecule has 0 saturated heterocycles. The Morgan fingerprint density at radius 1 is 1.24 bits per heavy atom. The largest absolute Gasteiger partial charge is 0.370 e. The van der Waals surface area contributed by atoms with Crippen molar-refractivity contribution < 1.29 is 4.79 Å². The molecule has 150 valence electrons. The lowest BCUT2D eigenvalue weighted by molar-refractivity contribution is -0.117. The monoisotopic (exact) mass is 391 g/mol. The van der Waals surface area contributed by atoms with Gasteiger partial charge < -0.3 is 16.4 Å². The molecular weight excluding hydrogens is 366 g/mol. The molecule has 3 aromatic rings. The van der Waals surface area contributed by atoms with Crippen LogP contribution in [0.5, 0.6) is 0 Å². The SMILES string of the molecule is NC(=O)CCNc1nc(Nc2ccc3cn(CC4CC4)nc3c2)ncc1C1CC1. The topological polar surface area (TPSA) is 111 Å². The second-order valence-corrected chi connectivity index (χ2v) is 8.11. The van der Waals surface area contributed by atoms with Crippen molar-refractivity contribution in [3.63, 3.8) is 0 Å². The maximum atomic E-state index is 11.0. The lowest BCUT2D eigenvalue weighted by Crippen LogP contribution is -2.17. The van der Waals surface area contributed by atoms with Crippen LogP contribution in [0.2, 0.25) is 0 Å². The Morgan fingerprint density at radius 2 is 2.10 bits per heavy atom. The number of amides is 1. The smallest absolute Gasteiger partial charge is 0.229 e. The molecule has 5 rings (SSSR count). The summed E-state index contributed by atoms with van der Waals surface area (Å²) in [6.07, 6.45) is 9.19. The molecule has 0 unspecified atom stereocenters. The number of nitrogens with two attached hydrogens (primary N) is 1. The molecule has 8 nitrogen and oxygen atoms in total.